The Morgan fingerprint density at radius 2 is 1.95 bits per heavy atom. The summed E-state index contributed by atoms with van der Waals surface area (Å²) in [5.41, 5.74) is 5.11. The van der Waals surface area contributed by atoms with Gasteiger partial charge >= 0.3 is 0 Å². The van der Waals surface area contributed by atoms with E-state index in [0.29, 0.717) is 39.1 Å². The Bertz CT molecular complexity index is 276. The zero-order valence-corrected chi connectivity index (χ0v) is 12.2. The smallest absolute Gasteiger partial charge is 0.227 e. The number of carbonyl (C=O) groups is 1. The Morgan fingerprint density at radius 1 is 1.37 bits per heavy atom. The Hall–Kier alpha value is -0.650. The molecule has 0 aromatic rings. The molecule has 4 N–H and O–H groups in total. The van der Waals surface area contributed by atoms with Gasteiger partial charge in [0.25, 0.3) is 0 Å². The summed E-state index contributed by atoms with van der Waals surface area (Å²) in [4.78, 5) is 12.4. The average Bonchev–Trinajstić information content (AvgIpc) is 2.49. The van der Waals surface area contributed by atoms with Crippen molar-refractivity contribution in [1.82, 2.24) is 5.32 Å². The molecule has 5 heteroatoms. The van der Waals surface area contributed by atoms with Crippen molar-refractivity contribution in [3.8, 4) is 0 Å². The normalized spacial score (nSPS) is 19.2. The van der Waals surface area contributed by atoms with Crippen LogP contribution in [-0.4, -0.2) is 43.9 Å². The minimum absolute atomic E-state index is 0.0121. The first-order valence-electron chi connectivity index (χ1n) is 7.25. The molecule has 0 spiro atoms. The number of aliphatic hydroxyl groups excluding tert-OH is 1. The quantitative estimate of drug-likeness (QED) is 0.635. The van der Waals surface area contributed by atoms with Gasteiger partial charge in [-0.15, -0.1) is 0 Å². The molecule has 1 aliphatic heterocycles. The van der Waals surface area contributed by atoms with Gasteiger partial charge in [0.2, 0.25) is 5.91 Å². The topological polar surface area (TPSA) is 84.6 Å². The van der Waals surface area contributed by atoms with Crippen molar-refractivity contribution in [2.75, 3.05) is 32.9 Å². The van der Waals surface area contributed by atoms with Crippen LogP contribution in [0.15, 0.2) is 0 Å². The highest BCUT2D eigenvalue weighted by Crippen LogP contribution is 2.30. The number of amides is 1. The second-order valence-corrected chi connectivity index (χ2v) is 5.64. The van der Waals surface area contributed by atoms with Crippen LogP contribution in [-0.2, 0) is 9.53 Å². The largest absolute Gasteiger partial charge is 0.396 e. The molecule has 1 heterocycles. The molecule has 112 valence electrons. The van der Waals surface area contributed by atoms with Gasteiger partial charge in [-0.3, -0.25) is 4.79 Å². The molecule has 0 radical (unpaired) electrons. The molecule has 0 aromatic carbocycles. The van der Waals surface area contributed by atoms with Crippen LogP contribution in [0.4, 0.5) is 0 Å². The first kappa shape index (κ1) is 16.4. The summed E-state index contributed by atoms with van der Waals surface area (Å²) < 4.78 is 5.31. The average molecular weight is 272 g/mol. The first-order chi connectivity index (χ1) is 9.08. The zero-order chi connectivity index (χ0) is 14.4. The van der Waals surface area contributed by atoms with E-state index in [1.165, 1.54) is 0 Å². The number of nitrogens with two attached hydrogens (primary N) is 1. The van der Waals surface area contributed by atoms with Gasteiger partial charge in [-0.05, 0) is 25.7 Å². The summed E-state index contributed by atoms with van der Waals surface area (Å²) in [5, 5.41) is 12.5. The minimum atomic E-state index is -0.485. The fourth-order valence-electron chi connectivity index (χ4n) is 2.52. The molecule has 0 aromatic heterocycles. The van der Waals surface area contributed by atoms with E-state index in [1.807, 2.05) is 13.8 Å². The van der Waals surface area contributed by atoms with Gasteiger partial charge in [-0.25, -0.2) is 0 Å². The summed E-state index contributed by atoms with van der Waals surface area (Å²) in [6, 6.07) is 0. The number of aliphatic hydroxyl groups is 1. The van der Waals surface area contributed by atoms with Crippen LogP contribution in [0.3, 0.4) is 0 Å². The molecule has 1 fully saturated rings. The molecule has 0 saturated carbocycles. The third-order valence-corrected chi connectivity index (χ3v) is 4.78. The van der Waals surface area contributed by atoms with Crippen molar-refractivity contribution in [2.45, 2.75) is 39.5 Å². The molecule has 19 heavy (non-hydrogen) atoms. The number of hydrogen-bond acceptors (Lipinski definition) is 4. The highest BCUT2D eigenvalue weighted by Gasteiger charge is 2.39. The second kappa shape index (κ2) is 7.22. The molecule has 0 aliphatic carbocycles. The molecular weight excluding hydrogens is 244 g/mol. The predicted octanol–water partition coefficient (Wildman–Crippen LogP) is 0.657. The maximum absolute atomic E-state index is 12.4. The van der Waals surface area contributed by atoms with Crippen LogP contribution < -0.4 is 11.1 Å². The van der Waals surface area contributed by atoms with E-state index in [-0.39, 0.29) is 17.9 Å². The predicted molar refractivity (Wildman–Crippen MR) is 74.7 cm³/mol. The Morgan fingerprint density at radius 3 is 2.37 bits per heavy atom. The van der Waals surface area contributed by atoms with Gasteiger partial charge in [0, 0.05) is 31.7 Å². The number of rotatable bonds is 7. The number of nitrogens with one attached hydrogen (secondary N) is 1. The van der Waals surface area contributed by atoms with Gasteiger partial charge < -0.3 is 20.9 Å². The summed E-state index contributed by atoms with van der Waals surface area (Å²) in [6.45, 7) is 6.23. The van der Waals surface area contributed by atoms with E-state index in [9.17, 15) is 9.90 Å². The fourth-order valence-corrected chi connectivity index (χ4v) is 2.52. The molecule has 0 bridgehead atoms. The highest BCUT2D eigenvalue weighted by molar-refractivity contribution is 5.83. The van der Waals surface area contributed by atoms with Crippen LogP contribution >= 0.6 is 0 Å². The van der Waals surface area contributed by atoms with E-state index in [4.69, 9.17) is 10.5 Å². The maximum Gasteiger partial charge on any atom is 0.227 e. The number of hydrogen-bond donors (Lipinski definition) is 3. The van der Waals surface area contributed by atoms with Gasteiger partial charge in [0.15, 0.2) is 0 Å². The first-order valence-corrected chi connectivity index (χ1v) is 7.25. The van der Waals surface area contributed by atoms with E-state index in [0.717, 1.165) is 12.8 Å². The van der Waals surface area contributed by atoms with Crippen LogP contribution in [0, 0.1) is 10.8 Å². The molecule has 0 atom stereocenters. The summed E-state index contributed by atoms with van der Waals surface area (Å²) in [7, 11) is 0. The Labute approximate surface area is 115 Å². The van der Waals surface area contributed by atoms with Crippen molar-refractivity contribution in [1.29, 1.82) is 0 Å². The summed E-state index contributed by atoms with van der Waals surface area (Å²) in [6.07, 6.45) is 3.05. The van der Waals surface area contributed by atoms with Crippen LogP contribution in [0.2, 0.25) is 0 Å². The van der Waals surface area contributed by atoms with Crippen molar-refractivity contribution in [3.63, 3.8) is 0 Å². The van der Waals surface area contributed by atoms with Crippen LogP contribution in [0.1, 0.15) is 39.5 Å². The Kier molecular flexibility index (Phi) is 6.23. The van der Waals surface area contributed by atoms with Gasteiger partial charge in [-0.1, -0.05) is 13.8 Å². The molecule has 0 unspecified atom stereocenters. The Balaban J connectivity index is 2.62. The standard InChI is InChI=1S/C14H28N2O3/c1-3-13(4-2,11-17)10-16-12(18)14(9-15)5-7-19-8-6-14/h17H,3-11,15H2,1-2H3,(H,16,18). The van der Waals surface area contributed by atoms with E-state index >= 15 is 0 Å². The lowest BCUT2D eigenvalue weighted by Gasteiger charge is -2.36. The van der Waals surface area contributed by atoms with Crippen molar-refractivity contribution in [3.05, 3.63) is 0 Å². The minimum Gasteiger partial charge on any atom is -0.396 e. The number of carbonyl (C=O) groups excluding carboxylic acids is 1. The molecule has 1 amide bonds. The second-order valence-electron chi connectivity index (χ2n) is 5.64. The van der Waals surface area contributed by atoms with Crippen LogP contribution in [0.5, 0.6) is 0 Å². The summed E-state index contributed by atoms with van der Waals surface area (Å²) in [5.74, 6) is 0.0121. The summed E-state index contributed by atoms with van der Waals surface area (Å²) >= 11 is 0. The van der Waals surface area contributed by atoms with Crippen molar-refractivity contribution in [2.24, 2.45) is 16.6 Å². The third-order valence-electron chi connectivity index (χ3n) is 4.78. The lowest BCUT2D eigenvalue weighted by Crippen LogP contribution is -2.51. The molecule has 1 rings (SSSR count). The molecule has 1 aliphatic rings. The fraction of sp³-hybridized carbons (Fsp3) is 0.929. The lowest BCUT2D eigenvalue weighted by atomic mass is 9.78. The maximum atomic E-state index is 12.4. The monoisotopic (exact) mass is 272 g/mol. The van der Waals surface area contributed by atoms with E-state index in [1.54, 1.807) is 0 Å². The van der Waals surface area contributed by atoms with Gasteiger partial charge in [0.1, 0.15) is 0 Å². The van der Waals surface area contributed by atoms with Crippen molar-refractivity contribution < 1.29 is 14.6 Å². The zero-order valence-electron chi connectivity index (χ0n) is 12.2. The van der Waals surface area contributed by atoms with E-state index in [2.05, 4.69) is 5.32 Å². The highest BCUT2D eigenvalue weighted by atomic mass is 16.5. The van der Waals surface area contributed by atoms with Crippen LogP contribution in [0.25, 0.3) is 0 Å². The van der Waals surface area contributed by atoms with Gasteiger partial charge in [0.05, 0.1) is 12.0 Å². The molecule has 5 nitrogen and oxygen atoms in total. The van der Waals surface area contributed by atoms with E-state index < -0.39 is 5.41 Å². The lowest BCUT2D eigenvalue weighted by molar-refractivity contribution is -0.136. The number of ether oxygens (including phenoxy) is 1. The molecule has 1 saturated heterocycles. The molecular formula is C14H28N2O3. The van der Waals surface area contributed by atoms with Gasteiger partial charge in [-0.2, -0.15) is 0 Å². The SMILES string of the molecule is CCC(CC)(CO)CNC(=O)C1(CN)CCOCC1. The third kappa shape index (κ3) is 3.68. The van der Waals surface area contributed by atoms with Crippen molar-refractivity contribution >= 4 is 5.91 Å².